The quantitative estimate of drug-likeness (QED) is 0.350. The fraction of sp³-hybridized carbons (Fsp3) is 0.414. The first kappa shape index (κ1) is 29.3. The SMILES string of the molecule is CCCCOC(=O)c1ccc(NC(=O)COC(=O)[C@H]2CC(=O)N(NC(=O)c3ccc(C(C)(C)C)cc3)C2)cc1. The lowest BCUT2D eigenvalue weighted by Gasteiger charge is -2.20. The maximum absolute atomic E-state index is 12.6. The second-order valence-corrected chi connectivity index (χ2v) is 10.4. The molecule has 3 rings (SSSR count). The lowest BCUT2D eigenvalue weighted by molar-refractivity contribution is -0.151. The van der Waals surface area contributed by atoms with Gasteiger partial charge in [0.1, 0.15) is 0 Å². The molecule has 0 bridgehead atoms. The number of hydrogen-bond donors (Lipinski definition) is 2. The van der Waals surface area contributed by atoms with E-state index in [0.717, 1.165) is 23.4 Å². The largest absolute Gasteiger partial charge is 0.462 e. The third-order valence-corrected chi connectivity index (χ3v) is 6.19. The van der Waals surface area contributed by atoms with Crippen molar-refractivity contribution in [3.8, 4) is 0 Å². The molecule has 0 saturated carbocycles. The van der Waals surface area contributed by atoms with Gasteiger partial charge >= 0.3 is 11.9 Å². The molecule has 3 amide bonds. The number of esters is 2. The fourth-order valence-electron chi connectivity index (χ4n) is 3.82. The first-order valence-electron chi connectivity index (χ1n) is 12.9. The minimum Gasteiger partial charge on any atom is -0.462 e. The molecule has 1 aliphatic rings. The van der Waals surface area contributed by atoms with E-state index in [1.807, 2.05) is 19.1 Å². The Hall–Kier alpha value is -4.21. The summed E-state index contributed by atoms with van der Waals surface area (Å²) < 4.78 is 10.2. The molecule has 10 nitrogen and oxygen atoms in total. The summed E-state index contributed by atoms with van der Waals surface area (Å²) in [5.74, 6) is -3.42. The molecule has 0 aromatic heterocycles. The second-order valence-electron chi connectivity index (χ2n) is 10.4. The number of ether oxygens (including phenoxy) is 2. The van der Waals surface area contributed by atoms with Crippen molar-refractivity contribution >= 4 is 35.3 Å². The van der Waals surface area contributed by atoms with Crippen LogP contribution in [0.25, 0.3) is 0 Å². The zero-order chi connectivity index (χ0) is 28.6. The van der Waals surface area contributed by atoms with Crippen molar-refractivity contribution in [3.63, 3.8) is 0 Å². The standard InChI is InChI=1S/C29H35N3O7/c1-5-6-15-38-27(36)20-9-13-23(14-10-20)30-24(33)18-39-28(37)21-16-25(34)32(17-21)31-26(35)19-7-11-22(12-8-19)29(2,3)4/h7-14,21H,5-6,15-18H2,1-4H3,(H,30,33)(H,31,35)/t21-/m0/s1. The molecule has 39 heavy (non-hydrogen) atoms. The van der Waals surface area contributed by atoms with Crippen molar-refractivity contribution in [3.05, 3.63) is 65.2 Å². The normalized spacial score (nSPS) is 15.0. The number of anilines is 1. The molecule has 1 atom stereocenters. The second kappa shape index (κ2) is 13.0. The molecule has 208 valence electrons. The van der Waals surface area contributed by atoms with Gasteiger partial charge in [-0.25, -0.2) is 4.79 Å². The van der Waals surface area contributed by atoms with Gasteiger partial charge in [0.25, 0.3) is 11.8 Å². The van der Waals surface area contributed by atoms with Crippen molar-refractivity contribution in [2.75, 3.05) is 25.1 Å². The third kappa shape index (κ3) is 8.39. The van der Waals surface area contributed by atoms with Crippen LogP contribution in [0.2, 0.25) is 0 Å². The number of unbranched alkanes of at least 4 members (excludes halogenated alkanes) is 1. The zero-order valence-corrected chi connectivity index (χ0v) is 22.7. The number of hydrogen-bond acceptors (Lipinski definition) is 7. The van der Waals surface area contributed by atoms with Crippen molar-refractivity contribution in [2.24, 2.45) is 5.92 Å². The van der Waals surface area contributed by atoms with Gasteiger partial charge in [-0.1, -0.05) is 46.2 Å². The molecule has 0 unspecified atom stereocenters. The molecule has 1 fully saturated rings. The average molecular weight is 538 g/mol. The van der Waals surface area contributed by atoms with E-state index >= 15 is 0 Å². The van der Waals surface area contributed by atoms with Gasteiger partial charge < -0.3 is 14.8 Å². The zero-order valence-electron chi connectivity index (χ0n) is 22.7. The molecular formula is C29H35N3O7. The summed E-state index contributed by atoms with van der Waals surface area (Å²) in [4.78, 5) is 61.6. The molecule has 1 heterocycles. The summed E-state index contributed by atoms with van der Waals surface area (Å²) in [7, 11) is 0. The van der Waals surface area contributed by atoms with Crippen LogP contribution in [-0.2, 0) is 29.3 Å². The third-order valence-electron chi connectivity index (χ3n) is 6.19. The molecule has 2 aromatic rings. The van der Waals surface area contributed by atoms with Gasteiger partial charge in [0, 0.05) is 17.7 Å². The summed E-state index contributed by atoms with van der Waals surface area (Å²) in [6.45, 7) is 7.96. The Morgan fingerprint density at radius 3 is 2.21 bits per heavy atom. The predicted octanol–water partition coefficient (Wildman–Crippen LogP) is 3.62. The Balaban J connectivity index is 1.44. The Kier molecular flexibility index (Phi) is 9.81. The van der Waals surface area contributed by atoms with E-state index in [2.05, 4.69) is 31.5 Å². The molecule has 0 radical (unpaired) electrons. The van der Waals surface area contributed by atoms with E-state index < -0.39 is 42.2 Å². The highest BCUT2D eigenvalue weighted by molar-refractivity contribution is 5.97. The summed E-state index contributed by atoms with van der Waals surface area (Å²) in [6, 6.07) is 13.3. The summed E-state index contributed by atoms with van der Waals surface area (Å²) in [5.41, 5.74) is 4.72. The molecule has 2 aromatic carbocycles. The van der Waals surface area contributed by atoms with Gasteiger partial charge in [0.05, 0.1) is 24.6 Å². The Labute approximate surface area is 228 Å². The van der Waals surface area contributed by atoms with Gasteiger partial charge in [-0.3, -0.25) is 29.6 Å². The molecule has 1 saturated heterocycles. The first-order valence-corrected chi connectivity index (χ1v) is 12.9. The molecular weight excluding hydrogens is 502 g/mol. The molecule has 0 spiro atoms. The van der Waals surface area contributed by atoms with Crippen molar-refractivity contribution in [1.29, 1.82) is 0 Å². The van der Waals surface area contributed by atoms with Crippen LogP contribution in [0.3, 0.4) is 0 Å². The number of carbonyl (C=O) groups excluding carboxylic acids is 5. The van der Waals surface area contributed by atoms with Gasteiger partial charge in [-0.15, -0.1) is 0 Å². The van der Waals surface area contributed by atoms with Crippen molar-refractivity contribution < 1.29 is 33.4 Å². The maximum Gasteiger partial charge on any atom is 0.338 e. The van der Waals surface area contributed by atoms with Crippen molar-refractivity contribution in [1.82, 2.24) is 10.4 Å². The maximum atomic E-state index is 12.6. The average Bonchev–Trinajstić information content (AvgIpc) is 3.27. The number of nitrogens with zero attached hydrogens (tertiary/aromatic N) is 1. The van der Waals surface area contributed by atoms with Gasteiger partial charge in [0.15, 0.2) is 6.61 Å². The number of carbonyl (C=O) groups is 5. The van der Waals surface area contributed by atoms with Crippen LogP contribution in [0.15, 0.2) is 48.5 Å². The van der Waals surface area contributed by atoms with E-state index in [1.54, 1.807) is 24.3 Å². The number of benzene rings is 2. The lowest BCUT2D eigenvalue weighted by Crippen LogP contribution is -2.43. The Morgan fingerprint density at radius 1 is 0.949 bits per heavy atom. The van der Waals surface area contributed by atoms with E-state index in [-0.39, 0.29) is 18.4 Å². The first-order chi connectivity index (χ1) is 18.5. The monoisotopic (exact) mass is 537 g/mol. The minimum absolute atomic E-state index is 0.0546. The highest BCUT2D eigenvalue weighted by Gasteiger charge is 2.36. The van der Waals surface area contributed by atoms with Crippen LogP contribution in [0.1, 0.15) is 73.2 Å². The fourth-order valence-corrected chi connectivity index (χ4v) is 3.82. The van der Waals surface area contributed by atoms with Gasteiger partial charge in [-0.05, 0) is 53.8 Å². The van der Waals surface area contributed by atoms with Crippen LogP contribution in [0.5, 0.6) is 0 Å². The van der Waals surface area contributed by atoms with Crippen molar-refractivity contribution in [2.45, 2.75) is 52.4 Å². The van der Waals surface area contributed by atoms with E-state index in [9.17, 15) is 24.0 Å². The molecule has 1 aliphatic heterocycles. The molecule has 10 heteroatoms. The van der Waals surface area contributed by atoms with Gasteiger partial charge in [0.2, 0.25) is 5.91 Å². The molecule has 0 aliphatic carbocycles. The highest BCUT2D eigenvalue weighted by atomic mass is 16.5. The topological polar surface area (TPSA) is 131 Å². The summed E-state index contributed by atoms with van der Waals surface area (Å²) >= 11 is 0. The summed E-state index contributed by atoms with van der Waals surface area (Å²) in [5, 5.41) is 3.68. The minimum atomic E-state index is -0.813. The van der Waals surface area contributed by atoms with Crippen LogP contribution in [-0.4, -0.2) is 54.4 Å². The Morgan fingerprint density at radius 2 is 1.59 bits per heavy atom. The van der Waals surface area contributed by atoms with Gasteiger partial charge in [-0.2, -0.15) is 0 Å². The van der Waals surface area contributed by atoms with E-state index in [0.29, 0.717) is 23.4 Å². The van der Waals surface area contributed by atoms with Crippen LogP contribution in [0.4, 0.5) is 5.69 Å². The Bertz CT molecular complexity index is 1200. The predicted molar refractivity (Wildman–Crippen MR) is 144 cm³/mol. The smallest absolute Gasteiger partial charge is 0.338 e. The lowest BCUT2D eigenvalue weighted by atomic mass is 9.87. The summed E-state index contributed by atoms with van der Waals surface area (Å²) in [6.07, 6.45) is 1.56. The number of hydrazine groups is 1. The van der Waals surface area contributed by atoms with Crippen LogP contribution in [0, 0.1) is 5.92 Å². The van der Waals surface area contributed by atoms with Crippen LogP contribution < -0.4 is 10.7 Å². The van der Waals surface area contributed by atoms with Crippen LogP contribution >= 0.6 is 0 Å². The number of amides is 3. The number of nitrogens with one attached hydrogen (secondary N) is 2. The molecule has 2 N–H and O–H groups in total. The highest BCUT2D eigenvalue weighted by Crippen LogP contribution is 2.23. The van der Waals surface area contributed by atoms with E-state index in [1.165, 1.54) is 12.1 Å². The van der Waals surface area contributed by atoms with E-state index in [4.69, 9.17) is 9.47 Å². The number of rotatable bonds is 10.